The van der Waals surface area contributed by atoms with Crippen LogP contribution in [0.15, 0.2) is 16.9 Å². The van der Waals surface area contributed by atoms with Crippen molar-refractivity contribution in [2.45, 2.75) is 40.0 Å². The molecule has 5 heteroatoms. The molecule has 1 N–H and O–H groups in total. The Morgan fingerprint density at radius 2 is 2.10 bits per heavy atom. The van der Waals surface area contributed by atoms with Gasteiger partial charge in [0.25, 0.3) is 5.56 Å². The maximum absolute atomic E-state index is 11.6. The van der Waals surface area contributed by atoms with Crippen molar-refractivity contribution in [3.05, 3.63) is 44.9 Å². The predicted molar refractivity (Wildman–Crippen MR) is 80.0 cm³/mol. The number of aryl methyl sites for hydroxylation is 1. The summed E-state index contributed by atoms with van der Waals surface area (Å²) in [6.07, 6.45) is 5.31. The Balaban J connectivity index is 2.72. The van der Waals surface area contributed by atoms with E-state index < -0.39 is 0 Å². The summed E-state index contributed by atoms with van der Waals surface area (Å²) in [5.41, 5.74) is 1.87. The maximum atomic E-state index is 11.6. The molecule has 1 aromatic heterocycles. The highest BCUT2D eigenvalue weighted by atomic mass is 16.5. The molecule has 0 aromatic carbocycles. The molecule has 1 rings (SSSR count). The van der Waals surface area contributed by atoms with Crippen molar-refractivity contribution in [2.75, 3.05) is 6.61 Å². The Morgan fingerprint density at radius 1 is 1.38 bits per heavy atom. The standard InChI is InChI=1S/C16H20N2O3/c1-4-5-6-9-21-15(19)8-7-13-11(2)14(10-17)16(20)18-12(13)3/h5-6H,4,7-9H2,1-3H3,(H,18,20)/b6-5-. The van der Waals surface area contributed by atoms with Crippen LogP contribution in [0.2, 0.25) is 0 Å². The summed E-state index contributed by atoms with van der Waals surface area (Å²) in [5.74, 6) is -0.292. The van der Waals surface area contributed by atoms with Gasteiger partial charge in [-0.3, -0.25) is 9.59 Å². The number of rotatable bonds is 6. The SMILES string of the molecule is CC/C=C\COC(=O)CCc1c(C)[nH]c(=O)c(C#N)c1C. The van der Waals surface area contributed by atoms with Gasteiger partial charge in [-0.25, -0.2) is 0 Å². The van der Waals surface area contributed by atoms with Crippen molar-refractivity contribution in [1.29, 1.82) is 5.26 Å². The van der Waals surface area contributed by atoms with Crippen LogP contribution in [0, 0.1) is 25.2 Å². The molecule has 0 saturated carbocycles. The van der Waals surface area contributed by atoms with E-state index in [9.17, 15) is 9.59 Å². The number of carbonyl (C=O) groups is 1. The summed E-state index contributed by atoms with van der Waals surface area (Å²) >= 11 is 0. The van der Waals surface area contributed by atoms with Gasteiger partial charge in [0, 0.05) is 12.1 Å². The third kappa shape index (κ3) is 4.60. The van der Waals surface area contributed by atoms with Crippen molar-refractivity contribution in [2.24, 2.45) is 0 Å². The monoisotopic (exact) mass is 288 g/mol. The van der Waals surface area contributed by atoms with Crippen LogP contribution in [0.4, 0.5) is 0 Å². The molecule has 0 aliphatic rings. The van der Waals surface area contributed by atoms with Gasteiger partial charge in [0.2, 0.25) is 0 Å². The van der Waals surface area contributed by atoms with E-state index in [0.29, 0.717) is 17.7 Å². The first-order chi connectivity index (χ1) is 10.0. The van der Waals surface area contributed by atoms with Crippen LogP contribution in [-0.4, -0.2) is 17.6 Å². The van der Waals surface area contributed by atoms with Crippen LogP contribution in [-0.2, 0) is 16.0 Å². The average molecular weight is 288 g/mol. The highest BCUT2D eigenvalue weighted by molar-refractivity contribution is 5.70. The Morgan fingerprint density at radius 3 is 2.71 bits per heavy atom. The molecular formula is C16H20N2O3. The fraction of sp³-hybridized carbons (Fsp3) is 0.438. The molecule has 5 nitrogen and oxygen atoms in total. The van der Waals surface area contributed by atoms with E-state index in [1.807, 2.05) is 25.1 Å². The number of nitrogens with zero attached hydrogens (tertiary/aromatic N) is 1. The van der Waals surface area contributed by atoms with Gasteiger partial charge in [0.1, 0.15) is 18.2 Å². The predicted octanol–water partition coefficient (Wildman–Crippen LogP) is 2.31. The second kappa shape index (κ2) is 8.05. The van der Waals surface area contributed by atoms with E-state index in [4.69, 9.17) is 10.00 Å². The first-order valence-electron chi connectivity index (χ1n) is 6.94. The first kappa shape index (κ1) is 16.7. The summed E-state index contributed by atoms with van der Waals surface area (Å²) in [7, 11) is 0. The van der Waals surface area contributed by atoms with E-state index in [-0.39, 0.29) is 30.1 Å². The van der Waals surface area contributed by atoms with E-state index >= 15 is 0 Å². The molecule has 1 aromatic rings. The number of hydrogen-bond donors (Lipinski definition) is 1. The minimum atomic E-state index is -0.386. The summed E-state index contributed by atoms with van der Waals surface area (Å²) in [4.78, 5) is 25.9. The number of allylic oxidation sites excluding steroid dienone is 1. The molecule has 0 unspecified atom stereocenters. The third-order valence-electron chi connectivity index (χ3n) is 3.24. The molecule has 0 spiro atoms. The zero-order valence-electron chi connectivity index (χ0n) is 12.7. The molecule has 0 bridgehead atoms. The van der Waals surface area contributed by atoms with Gasteiger partial charge in [-0.15, -0.1) is 0 Å². The number of aromatic nitrogens is 1. The van der Waals surface area contributed by atoms with Crippen LogP contribution in [0.25, 0.3) is 0 Å². The lowest BCUT2D eigenvalue weighted by Crippen LogP contribution is -2.17. The van der Waals surface area contributed by atoms with Crippen molar-refractivity contribution < 1.29 is 9.53 Å². The number of hydrogen-bond acceptors (Lipinski definition) is 4. The molecule has 21 heavy (non-hydrogen) atoms. The summed E-state index contributed by atoms with van der Waals surface area (Å²) in [5, 5.41) is 8.99. The number of esters is 1. The fourth-order valence-corrected chi connectivity index (χ4v) is 2.10. The van der Waals surface area contributed by atoms with E-state index in [1.165, 1.54) is 0 Å². The van der Waals surface area contributed by atoms with Gasteiger partial charge in [0.05, 0.1) is 0 Å². The van der Waals surface area contributed by atoms with E-state index in [0.717, 1.165) is 12.0 Å². The number of nitrogens with one attached hydrogen (secondary N) is 1. The average Bonchev–Trinajstić information content (AvgIpc) is 2.43. The van der Waals surface area contributed by atoms with Crippen LogP contribution in [0.1, 0.15) is 42.1 Å². The number of carbonyl (C=O) groups excluding carboxylic acids is 1. The smallest absolute Gasteiger partial charge is 0.306 e. The molecule has 0 saturated heterocycles. The third-order valence-corrected chi connectivity index (χ3v) is 3.24. The normalized spacial score (nSPS) is 10.6. The molecule has 0 aliphatic carbocycles. The summed E-state index contributed by atoms with van der Waals surface area (Å²) in [6.45, 7) is 5.78. The Hall–Kier alpha value is -2.35. The minimum absolute atomic E-state index is 0.106. The van der Waals surface area contributed by atoms with Gasteiger partial charge >= 0.3 is 5.97 Å². The quantitative estimate of drug-likeness (QED) is 0.643. The Bertz CT molecular complexity index is 636. The van der Waals surface area contributed by atoms with Crippen molar-refractivity contribution in [1.82, 2.24) is 4.98 Å². The summed E-state index contributed by atoms with van der Waals surface area (Å²) in [6, 6.07) is 1.90. The van der Waals surface area contributed by atoms with E-state index in [1.54, 1.807) is 13.8 Å². The molecule has 0 radical (unpaired) electrons. The Labute approximate surface area is 124 Å². The number of aromatic amines is 1. The number of H-pyrrole nitrogens is 1. The molecule has 0 amide bonds. The molecule has 112 valence electrons. The topological polar surface area (TPSA) is 83.0 Å². The van der Waals surface area contributed by atoms with Crippen LogP contribution in [0.3, 0.4) is 0 Å². The highest BCUT2D eigenvalue weighted by Gasteiger charge is 2.13. The highest BCUT2D eigenvalue weighted by Crippen LogP contribution is 2.15. The molecule has 0 fully saturated rings. The lowest BCUT2D eigenvalue weighted by Gasteiger charge is -2.10. The minimum Gasteiger partial charge on any atom is -0.461 e. The van der Waals surface area contributed by atoms with Crippen molar-refractivity contribution >= 4 is 5.97 Å². The second-order valence-electron chi connectivity index (χ2n) is 4.73. The van der Waals surface area contributed by atoms with Gasteiger partial charge in [-0.2, -0.15) is 5.26 Å². The first-order valence-corrected chi connectivity index (χ1v) is 6.94. The van der Waals surface area contributed by atoms with Crippen molar-refractivity contribution in [3.63, 3.8) is 0 Å². The van der Waals surface area contributed by atoms with E-state index in [2.05, 4.69) is 4.98 Å². The van der Waals surface area contributed by atoms with Crippen LogP contribution in [0.5, 0.6) is 0 Å². The fourth-order valence-electron chi connectivity index (χ4n) is 2.10. The van der Waals surface area contributed by atoms with Crippen LogP contribution < -0.4 is 5.56 Å². The lowest BCUT2D eigenvalue weighted by atomic mass is 9.99. The number of pyridine rings is 1. The second-order valence-corrected chi connectivity index (χ2v) is 4.73. The largest absolute Gasteiger partial charge is 0.461 e. The Kier molecular flexibility index (Phi) is 6.41. The number of nitriles is 1. The van der Waals surface area contributed by atoms with Crippen LogP contribution >= 0.6 is 0 Å². The van der Waals surface area contributed by atoms with Gasteiger partial charge in [-0.05, 0) is 37.8 Å². The zero-order chi connectivity index (χ0) is 15.8. The molecular weight excluding hydrogens is 268 g/mol. The van der Waals surface area contributed by atoms with Gasteiger partial charge in [0.15, 0.2) is 0 Å². The van der Waals surface area contributed by atoms with Crippen molar-refractivity contribution in [3.8, 4) is 6.07 Å². The molecule has 1 heterocycles. The maximum Gasteiger partial charge on any atom is 0.306 e. The number of ether oxygens (including phenoxy) is 1. The van der Waals surface area contributed by atoms with Gasteiger partial charge in [-0.1, -0.05) is 19.1 Å². The molecule has 0 atom stereocenters. The zero-order valence-corrected chi connectivity index (χ0v) is 12.7. The van der Waals surface area contributed by atoms with Gasteiger partial charge < -0.3 is 9.72 Å². The lowest BCUT2D eigenvalue weighted by molar-refractivity contribution is -0.142. The summed E-state index contributed by atoms with van der Waals surface area (Å²) < 4.78 is 5.06. The molecule has 0 aliphatic heterocycles.